The monoisotopic (exact) mass is 388 g/mol. The molecule has 2 rings (SSSR count). The molecule has 146 valence electrons. The van der Waals surface area contributed by atoms with Crippen molar-refractivity contribution in [3.05, 3.63) is 59.2 Å². The van der Waals surface area contributed by atoms with Gasteiger partial charge in [0.2, 0.25) is 15.9 Å². The summed E-state index contributed by atoms with van der Waals surface area (Å²) in [5.41, 5.74) is 4.64. The number of carbonyl (C=O) groups excluding carboxylic acids is 1. The van der Waals surface area contributed by atoms with Crippen molar-refractivity contribution in [1.82, 2.24) is 0 Å². The molecule has 6 heteroatoms. The zero-order valence-corrected chi connectivity index (χ0v) is 17.3. The fraction of sp³-hybridized carbons (Fsp3) is 0.381. The van der Waals surface area contributed by atoms with Crippen LogP contribution in [0.3, 0.4) is 0 Å². The van der Waals surface area contributed by atoms with Crippen molar-refractivity contribution in [2.45, 2.75) is 40.0 Å². The molecule has 0 atom stereocenters. The van der Waals surface area contributed by atoms with Gasteiger partial charge in [-0.05, 0) is 43.0 Å². The molecule has 0 radical (unpaired) electrons. The lowest BCUT2D eigenvalue weighted by atomic mass is 10.0. The Labute approximate surface area is 162 Å². The van der Waals surface area contributed by atoms with Crippen LogP contribution in [0.4, 0.5) is 11.4 Å². The number of sulfonamides is 1. The van der Waals surface area contributed by atoms with E-state index < -0.39 is 10.0 Å². The van der Waals surface area contributed by atoms with Crippen LogP contribution in [0.1, 0.15) is 37.0 Å². The Morgan fingerprint density at radius 1 is 1.00 bits per heavy atom. The van der Waals surface area contributed by atoms with E-state index in [4.69, 9.17) is 0 Å². The van der Waals surface area contributed by atoms with Gasteiger partial charge in [-0.25, -0.2) is 8.42 Å². The molecule has 2 aromatic carbocycles. The van der Waals surface area contributed by atoms with Crippen molar-refractivity contribution in [2.75, 3.05) is 22.4 Å². The van der Waals surface area contributed by atoms with E-state index in [1.54, 1.807) is 12.1 Å². The van der Waals surface area contributed by atoms with Gasteiger partial charge in [0.15, 0.2) is 0 Å². The minimum atomic E-state index is -3.47. The number of nitrogens with one attached hydrogen (secondary N) is 1. The normalized spacial score (nSPS) is 11.3. The van der Waals surface area contributed by atoms with Gasteiger partial charge in [0.1, 0.15) is 0 Å². The molecule has 27 heavy (non-hydrogen) atoms. The Bertz CT molecular complexity index is 868. The molecule has 0 aliphatic rings. The van der Waals surface area contributed by atoms with Gasteiger partial charge >= 0.3 is 0 Å². The third-order valence-corrected chi connectivity index (χ3v) is 5.72. The van der Waals surface area contributed by atoms with Crippen LogP contribution in [0.25, 0.3) is 0 Å². The number of para-hydroxylation sites is 1. The highest BCUT2D eigenvalue weighted by Crippen LogP contribution is 2.23. The highest BCUT2D eigenvalue weighted by Gasteiger charge is 2.19. The van der Waals surface area contributed by atoms with Crippen molar-refractivity contribution in [3.63, 3.8) is 0 Å². The van der Waals surface area contributed by atoms with Crippen LogP contribution < -0.4 is 9.62 Å². The predicted octanol–water partition coefficient (Wildman–Crippen LogP) is 3.91. The first kappa shape index (κ1) is 21.0. The summed E-state index contributed by atoms with van der Waals surface area (Å²) in [5.74, 6) is -0.189. The zero-order valence-electron chi connectivity index (χ0n) is 16.5. The molecule has 1 N–H and O–H groups in total. The van der Waals surface area contributed by atoms with E-state index in [9.17, 15) is 13.2 Å². The van der Waals surface area contributed by atoms with E-state index >= 15 is 0 Å². The molecule has 2 aromatic rings. The average molecular weight is 389 g/mol. The summed E-state index contributed by atoms with van der Waals surface area (Å²) >= 11 is 0. The van der Waals surface area contributed by atoms with E-state index in [0.29, 0.717) is 5.69 Å². The number of hydrogen-bond donors (Lipinski definition) is 1. The van der Waals surface area contributed by atoms with Gasteiger partial charge in [-0.3, -0.25) is 9.10 Å². The lowest BCUT2D eigenvalue weighted by Gasteiger charge is -2.22. The van der Waals surface area contributed by atoms with Crippen LogP contribution in [-0.2, 0) is 27.7 Å². The summed E-state index contributed by atoms with van der Waals surface area (Å²) in [6, 6.07) is 13.2. The molecule has 0 heterocycles. The zero-order chi connectivity index (χ0) is 20.0. The Balaban J connectivity index is 2.14. The van der Waals surface area contributed by atoms with Crippen molar-refractivity contribution in [2.24, 2.45) is 0 Å². The standard InChI is InChI=1S/C21H28N2O3S/c1-5-17-8-7-9-18(6-2)21(17)22-20(24)14-15-23(27(4,25)26)19-12-10-16(3)11-13-19/h7-13H,5-6,14-15H2,1-4H3,(H,22,24). The molecule has 0 spiro atoms. The summed E-state index contributed by atoms with van der Waals surface area (Å²) in [5, 5.41) is 2.99. The maximum absolute atomic E-state index is 12.5. The third kappa shape index (κ3) is 5.57. The number of hydrogen-bond acceptors (Lipinski definition) is 3. The Morgan fingerprint density at radius 2 is 1.56 bits per heavy atom. The van der Waals surface area contributed by atoms with E-state index in [2.05, 4.69) is 5.32 Å². The van der Waals surface area contributed by atoms with E-state index in [1.807, 2.05) is 51.1 Å². The highest BCUT2D eigenvalue weighted by molar-refractivity contribution is 7.92. The van der Waals surface area contributed by atoms with Gasteiger partial charge in [0, 0.05) is 18.7 Å². The molecular formula is C21H28N2O3S. The molecule has 0 aromatic heterocycles. The highest BCUT2D eigenvalue weighted by atomic mass is 32.2. The predicted molar refractivity (Wildman–Crippen MR) is 112 cm³/mol. The largest absolute Gasteiger partial charge is 0.326 e. The molecule has 0 fully saturated rings. The number of rotatable bonds is 8. The van der Waals surface area contributed by atoms with Gasteiger partial charge in [-0.1, -0.05) is 49.7 Å². The first-order valence-corrected chi connectivity index (χ1v) is 11.1. The molecular weight excluding hydrogens is 360 g/mol. The summed E-state index contributed by atoms with van der Waals surface area (Å²) in [7, 11) is -3.47. The smallest absolute Gasteiger partial charge is 0.232 e. The molecule has 5 nitrogen and oxygen atoms in total. The number of nitrogens with zero attached hydrogens (tertiary/aromatic N) is 1. The maximum Gasteiger partial charge on any atom is 0.232 e. The van der Waals surface area contributed by atoms with Crippen LogP contribution in [-0.4, -0.2) is 27.1 Å². The van der Waals surface area contributed by atoms with Gasteiger partial charge in [0.05, 0.1) is 11.9 Å². The third-order valence-electron chi connectivity index (χ3n) is 4.53. The molecule has 0 unspecified atom stereocenters. The number of anilines is 2. The minimum absolute atomic E-state index is 0.0855. The summed E-state index contributed by atoms with van der Waals surface area (Å²) in [6.07, 6.45) is 2.89. The fourth-order valence-corrected chi connectivity index (χ4v) is 3.93. The lowest BCUT2D eigenvalue weighted by Crippen LogP contribution is -2.33. The first-order valence-electron chi connectivity index (χ1n) is 9.21. The molecule has 0 aliphatic carbocycles. The van der Waals surface area contributed by atoms with Gasteiger partial charge in [-0.15, -0.1) is 0 Å². The SMILES string of the molecule is CCc1cccc(CC)c1NC(=O)CCN(c1ccc(C)cc1)S(C)(=O)=O. The second-order valence-electron chi connectivity index (χ2n) is 6.63. The van der Waals surface area contributed by atoms with Crippen molar-refractivity contribution in [3.8, 4) is 0 Å². The van der Waals surface area contributed by atoms with E-state index in [1.165, 1.54) is 4.31 Å². The topological polar surface area (TPSA) is 66.5 Å². The van der Waals surface area contributed by atoms with Gasteiger partial charge in [-0.2, -0.15) is 0 Å². The van der Waals surface area contributed by atoms with Crippen molar-refractivity contribution >= 4 is 27.3 Å². The van der Waals surface area contributed by atoms with Gasteiger partial charge < -0.3 is 5.32 Å². The lowest BCUT2D eigenvalue weighted by molar-refractivity contribution is -0.116. The number of amides is 1. The fourth-order valence-electron chi connectivity index (χ4n) is 3.01. The quantitative estimate of drug-likeness (QED) is 0.745. The number of carbonyl (C=O) groups is 1. The number of aryl methyl sites for hydroxylation is 3. The molecule has 0 bridgehead atoms. The van der Waals surface area contributed by atoms with Crippen LogP contribution in [0, 0.1) is 6.92 Å². The maximum atomic E-state index is 12.5. The number of benzene rings is 2. The van der Waals surface area contributed by atoms with Crippen LogP contribution in [0.5, 0.6) is 0 Å². The Morgan fingerprint density at radius 3 is 2.04 bits per heavy atom. The summed E-state index contributed by atoms with van der Waals surface area (Å²) in [4.78, 5) is 12.5. The summed E-state index contributed by atoms with van der Waals surface area (Å²) in [6.45, 7) is 6.14. The van der Waals surface area contributed by atoms with Gasteiger partial charge in [0.25, 0.3) is 0 Å². The average Bonchev–Trinajstić information content (AvgIpc) is 2.62. The molecule has 0 saturated heterocycles. The van der Waals surface area contributed by atoms with E-state index in [-0.39, 0.29) is 18.9 Å². The van der Waals surface area contributed by atoms with Crippen LogP contribution in [0.15, 0.2) is 42.5 Å². The summed E-state index contributed by atoms with van der Waals surface area (Å²) < 4.78 is 25.6. The molecule has 0 saturated carbocycles. The Kier molecular flexibility index (Phi) is 7.02. The first-order chi connectivity index (χ1) is 12.8. The van der Waals surface area contributed by atoms with E-state index in [0.717, 1.165) is 41.5 Å². The Hall–Kier alpha value is -2.34. The second-order valence-corrected chi connectivity index (χ2v) is 8.53. The van der Waals surface area contributed by atoms with Crippen molar-refractivity contribution < 1.29 is 13.2 Å². The van der Waals surface area contributed by atoms with Crippen LogP contribution in [0.2, 0.25) is 0 Å². The van der Waals surface area contributed by atoms with Crippen LogP contribution >= 0.6 is 0 Å². The molecule has 0 aliphatic heterocycles. The van der Waals surface area contributed by atoms with Crippen molar-refractivity contribution in [1.29, 1.82) is 0 Å². The minimum Gasteiger partial charge on any atom is -0.326 e. The molecule has 1 amide bonds. The second kappa shape index (κ2) is 9.04.